The molecule has 0 saturated carbocycles. The van der Waals surface area contributed by atoms with E-state index in [9.17, 15) is 0 Å². The van der Waals surface area contributed by atoms with Crippen LogP contribution in [0.3, 0.4) is 0 Å². The highest BCUT2D eigenvalue weighted by molar-refractivity contribution is 6.22. The van der Waals surface area contributed by atoms with E-state index in [2.05, 4.69) is 176 Å². The third-order valence-corrected chi connectivity index (χ3v) is 9.88. The maximum atomic E-state index is 5.18. The minimum atomic E-state index is 0.645. The Morgan fingerprint density at radius 2 is 0.760 bits per heavy atom. The first-order valence-electron chi connectivity index (χ1n) is 16.9. The third kappa shape index (κ3) is 4.79. The van der Waals surface area contributed by atoms with Crippen LogP contribution in [0.15, 0.2) is 176 Å². The van der Waals surface area contributed by atoms with Gasteiger partial charge in [0.15, 0.2) is 17.5 Å². The van der Waals surface area contributed by atoms with E-state index < -0.39 is 0 Å². The molecule has 10 rings (SSSR count). The van der Waals surface area contributed by atoms with Crippen LogP contribution in [0.25, 0.3) is 99.2 Å². The fourth-order valence-electron chi connectivity index (χ4n) is 7.32. The van der Waals surface area contributed by atoms with Crippen LogP contribution in [-0.2, 0) is 0 Å². The van der Waals surface area contributed by atoms with Gasteiger partial charge in [0.2, 0.25) is 0 Å². The summed E-state index contributed by atoms with van der Waals surface area (Å²) in [5, 5.41) is 12.0. The van der Waals surface area contributed by atoms with Gasteiger partial charge in [-0.3, -0.25) is 0 Å². The van der Waals surface area contributed by atoms with Crippen molar-refractivity contribution in [2.75, 3.05) is 0 Å². The quantitative estimate of drug-likeness (QED) is 0.181. The Morgan fingerprint density at radius 1 is 0.260 bits per heavy atom. The summed E-state index contributed by atoms with van der Waals surface area (Å²) in [6.07, 6.45) is 0. The van der Waals surface area contributed by atoms with Crippen molar-refractivity contribution in [3.05, 3.63) is 176 Å². The zero-order valence-electron chi connectivity index (χ0n) is 27.1. The lowest BCUT2D eigenvalue weighted by Gasteiger charge is -2.13. The number of aromatic nitrogens is 3. The molecule has 0 bridgehead atoms. The third-order valence-electron chi connectivity index (χ3n) is 9.88. The average molecular weight is 636 g/mol. The maximum absolute atomic E-state index is 5.18. The molecule has 0 aliphatic carbocycles. The van der Waals surface area contributed by atoms with Crippen LogP contribution >= 0.6 is 0 Å². The number of fused-ring (bicyclic) bond motifs is 7. The molecule has 50 heavy (non-hydrogen) atoms. The van der Waals surface area contributed by atoms with Gasteiger partial charge in [-0.15, -0.1) is 0 Å². The van der Waals surface area contributed by atoms with E-state index >= 15 is 0 Å². The molecule has 1 aromatic heterocycles. The summed E-state index contributed by atoms with van der Waals surface area (Å²) in [5.74, 6) is 1.95. The van der Waals surface area contributed by atoms with Crippen LogP contribution in [0, 0.1) is 0 Å². The van der Waals surface area contributed by atoms with E-state index in [1.54, 1.807) is 0 Å². The van der Waals surface area contributed by atoms with Gasteiger partial charge in [-0.1, -0.05) is 164 Å². The first-order chi connectivity index (χ1) is 24.7. The molecule has 0 amide bonds. The Balaban J connectivity index is 1.16. The molecule has 232 valence electrons. The normalized spacial score (nSPS) is 11.6. The zero-order valence-corrected chi connectivity index (χ0v) is 27.1. The number of rotatable bonds is 4. The Morgan fingerprint density at radius 3 is 1.52 bits per heavy atom. The molecule has 0 fully saturated rings. The van der Waals surface area contributed by atoms with Crippen molar-refractivity contribution in [3.63, 3.8) is 0 Å². The molecule has 10 aromatic rings. The van der Waals surface area contributed by atoms with Gasteiger partial charge in [-0.2, -0.15) is 0 Å². The van der Waals surface area contributed by atoms with E-state index in [1.807, 2.05) is 0 Å². The summed E-state index contributed by atoms with van der Waals surface area (Å²) in [5.41, 5.74) is 5.21. The van der Waals surface area contributed by atoms with Gasteiger partial charge >= 0.3 is 0 Å². The SMILES string of the molecule is c1ccc2cc(-c3ccc(-c4nc(-c5ccc6ccccc6c5)nc(-c5cccc6c5ccc5ccc7ccccc7c56)n4)cc3)ccc2c1. The molecule has 0 spiro atoms. The van der Waals surface area contributed by atoms with Crippen LogP contribution in [0.1, 0.15) is 0 Å². The number of benzene rings is 9. The van der Waals surface area contributed by atoms with Crippen LogP contribution in [-0.4, -0.2) is 15.0 Å². The maximum Gasteiger partial charge on any atom is 0.164 e. The van der Waals surface area contributed by atoms with Crippen molar-refractivity contribution in [1.82, 2.24) is 15.0 Å². The predicted molar refractivity (Wildman–Crippen MR) is 209 cm³/mol. The minimum absolute atomic E-state index is 0.645. The summed E-state index contributed by atoms with van der Waals surface area (Å²) in [7, 11) is 0. The minimum Gasteiger partial charge on any atom is -0.208 e. The van der Waals surface area contributed by atoms with Gasteiger partial charge < -0.3 is 0 Å². The highest BCUT2D eigenvalue weighted by atomic mass is 15.0. The number of hydrogen-bond acceptors (Lipinski definition) is 3. The summed E-state index contributed by atoms with van der Waals surface area (Å²) in [6.45, 7) is 0. The Hall–Kier alpha value is -6.71. The first-order valence-corrected chi connectivity index (χ1v) is 16.9. The van der Waals surface area contributed by atoms with Gasteiger partial charge in [0, 0.05) is 16.7 Å². The second kappa shape index (κ2) is 11.5. The topological polar surface area (TPSA) is 38.7 Å². The second-order valence-electron chi connectivity index (χ2n) is 12.9. The van der Waals surface area contributed by atoms with Crippen molar-refractivity contribution < 1.29 is 0 Å². The second-order valence-corrected chi connectivity index (χ2v) is 12.9. The molecule has 3 heteroatoms. The number of hydrogen-bond donors (Lipinski definition) is 0. The van der Waals surface area contributed by atoms with Crippen molar-refractivity contribution in [1.29, 1.82) is 0 Å². The summed E-state index contributed by atoms with van der Waals surface area (Å²) in [4.78, 5) is 15.4. The Bertz CT molecular complexity index is 2930. The fraction of sp³-hybridized carbons (Fsp3) is 0. The lowest BCUT2D eigenvalue weighted by molar-refractivity contribution is 1.08. The van der Waals surface area contributed by atoms with Crippen LogP contribution < -0.4 is 0 Å². The molecule has 0 saturated heterocycles. The van der Waals surface area contributed by atoms with Crippen molar-refractivity contribution in [3.8, 4) is 45.3 Å². The molecule has 0 aliphatic heterocycles. The summed E-state index contributed by atoms with van der Waals surface area (Å²) < 4.78 is 0. The largest absolute Gasteiger partial charge is 0.208 e. The van der Waals surface area contributed by atoms with E-state index in [0.717, 1.165) is 33.0 Å². The van der Waals surface area contributed by atoms with Crippen LogP contribution in [0.2, 0.25) is 0 Å². The van der Waals surface area contributed by atoms with E-state index in [1.165, 1.54) is 48.7 Å². The van der Waals surface area contributed by atoms with Crippen LogP contribution in [0.5, 0.6) is 0 Å². The van der Waals surface area contributed by atoms with E-state index in [4.69, 9.17) is 15.0 Å². The molecule has 0 unspecified atom stereocenters. The zero-order chi connectivity index (χ0) is 33.0. The van der Waals surface area contributed by atoms with Crippen LogP contribution in [0.4, 0.5) is 0 Å². The smallest absolute Gasteiger partial charge is 0.164 e. The lowest BCUT2D eigenvalue weighted by atomic mass is 9.94. The highest BCUT2D eigenvalue weighted by Crippen LogP contribution is 2.37. The molecule has 0 aliphatic rings. The Kier molecular flexibility index (Phi) is 6.49. The van der Waals surface area contributed by atoms with Gasteiger partial charge in [0.05, 0.1) is 0 Å². The van der Waals surface area contributed by atoms with Crippen molar-refractivity contribution in [2.24, 2.45) is 0 Å². The number of nitrogens with zero attached hydrogens (tertiary/aromatic N) is 3. The Labute approximate surface area is 289 Å². The van der Waals surface area contributed by atoms with Gasteiger partial charge in [-0.25, -0.2) is 15.0 Å². The highest BCUT2D eigenvalue weighted by Gasteiger charge is 2.16. The first kappa shape index (κ1) is 28.3. The molecule has 9 aromatic carbocycles. The summed E-state index contributed by atoms with van der Waals surface area (Å²) >= 11 is 0. The molecular formula is C47H29N3. The van der Waals surface area contributed by atoms with Crippen molar-refractivity contribution in [2.45, 2.75) is 0 Å². The monoisotopic (exact) mass is 635 g/mol. The van der Waals surface area contributed by atoms with Gasteiger partial charge in [-0.05, 0) is 77.1 Å². The van der Waals surface area contributed by atoms with Gasteiger partial charge in [0.1, 0.15) is 0 Å². The summed E-state index contributed by atoms with van der Waals surface area (Å²) in [6, 6.07) is 62.4. The van der Waals surface area contributed by atoms with Gasteiger partial charge in [0.25, 0.3) is 0 Å². The molecule has 0 N–H and O–H groups in total. The molecule has 1 heterocycles. The average Bonchev–Trinajstić information content (AvgIpc) is 3.19. The lowest BCUT2D eigenvalue weighted by Crippen LogP contribution is -2.00. The van der Waals surface area contributed by atoms with E-state index in [-0.39, 0.29) is 0 Å². The van der Waals surface area contributed by atoms with E-state index in [0.29, 0.717) is 17.5 Å². The molecule has 3 nitrogen and oxygen atoms in total. The van der Waals surface area contributed by atoms with Crippen molar-refractivity contribution >= 4 is 53.9 Å². The molecule has 0 radical (unpaired) electrons. The standard InChI is InChI=1S/C47H29N3/c1-3-11-36-28-38(24-18-30(36)8-1)32-16-22-35(23-17-32)45-48-46(39-25-19-31-9-2-4-12-37(31)29-39)50-47(49-45)43-15-7-14-42-41(43)27-26-34-21-20-33-10-5-6-13-40(33)44(34)42/h1-29H. The predicted octanol–water partition coefficient (Wildman–Crippen LogP) is 12.3. The molecular weight excluding hydrogens is 607 g/mol. The fourth-order valence-corrected chi connectivity index (χ4v) is 7.32. The molecule has 0 atom stereocenters.